The number of aromatic amines is 1. The Labute approximate surface area is 169 Å². The summed E-state index contributed by atoms with van der Waals surface area (Å²) in [7, 11) is 0. The van der Waals surface area contributed by atoms with E-state index in [1.807, 2.05) is 30.5 Å². The van der Waals surface area contributed by atoms with Crippen LogP contribution in [0.25, 0.3) is 10.9 Å². The number of fused-ring (bicyclic) bond motifs is 1. The smallest absolute Gasteiger partial charge is 0.152 e. The molecule has 0 spiro atoms. The van der Waals surface area contributed by atoms with Gasteiger partial charge in [0.05, 0.1) is 19.4 Å². The van der Waals surface area contributed by atoms with Crippen molar-refractivity contribution in [1.82, 2.24) is 15.0 Å². The van der Waals surface area contributed by atoms with E-state index in [1.165, 1.54) is 0 Å². The van der Waals surface area contributed by atoms with Crippen molar-refractivity contribution in [3.8, 4) is 0 Å². The third kappa shape index (κ3) is 4.90. The van der Waals surface area contributed by atoms with Gasteiger partial charge in [-0.25, -0.2) is 9.97 Å². The molecule has 152 valence electrons. The Morgan fingerprint density at radius 1 is 1.21 bits per heavy atom. The molecule has 1 saturated heterocycles. The number of hydrogen-bond donors (Lipinski definition) is 3. The van der Waals surface area contributed by atoms with Crippen molar-refractivity contribution in [1.29, 1.82) is 0 Å². The molecule has 1 fully saturated rings. The van der Waals surface area contributed by atoms with Crippen LogP contribution in [0, 0.1) is 0 Å². The number of aliphatic hydroxyl groups is 1. The summed E-state index contributed by atoms with van der Waals surface area (Å²) in [6.07, 6.45) is 6.05. The van der Waals surface area contributed by atoms with Crippen LogP contribution in [0.5, 0.6) is 0 Å². The first-order valence-electron chi connectivity index (χ1n) is 10.0. The average molecular weight is 394 g/mol. The van der Waals surface area contributed by atoms with E-state index in [-0.39, 0.29) is 6.61 Å². The minimum absolute atomic E-state index is 0.184. The molecular weight excluding hydrogens is 368 g/mol. The number of anilines is 2. The Morgan fingerprint density at radius 3 is 2.93 bits per heavy atom. The molecule has 8 heteroatoms. The molecule has 1 aromatic carbocycles. The highest BCUT2D eigenvalue weighted by molar-refractivity contribution is 5.99. The van der Waals surface area contributed by atoms with Crippen molar-refractivity contribution in [2.45, 2.75) is 19.3 Å². The van der Waals surface area contributed by atoms with Crippen molar-refractivity contribution in [3.05, 3.63) is 47.9 Å². The van der Waals surface area contributed by atoms with Crippen molar-refractivity contribution in [3.63, 3.8) is 0 Å². The largest absolute Gasteiger partial charge is 0.396 e. The highest BCUT2D eigenvalue weighted by Gasteiger charge is 2.15. The summed E-state index contributed by atoms with van der Waals surface area (Å²) in [6.45, 7) is 3.20. The number of nitrogens with zero attached hydrogens (tertiary/aromatic N) is 4. The second-order valence-corrected chi connectivity index (χ2v) is 6.97. The average Bonchev–Trinajstić information content (AvgIpc) is 3.18. The molecule has 4 rings (SSSR count). The third-order valence-corrected chi connectivity index (χ3v) is 4.91. The number of aryl methyl sites for hydroxylation is 1. The lowest BCUT2D eigenvalue weighted by molar-refractivity contribution is 0.122. The number of nitrogens with one attached hydrogen (secondary N) is 2. The second-order valence-electron chi connectivity index (χ2n) is 6.97. The van der Waals surface area contributed by atoms with E-state index in [9.17, 15) is 0 Å². The minimum atomic E-state index is 0.184. The summed E-state index contributed by atoms with van der Waals surface area (Å²) in [6, 6.07) is 10.0. The van der Waals surface area contributed by atoms with Gasteiger partial charge in [0.2, 0.25) is 0 Å². The molecule has 0 saturated carbocycles. The molecule has 1 aliphatic heterocycles. The van der Waals surface area contributed by atoms with Gasteiger partial charge in [-0.15, -0.1) is 0 Å². The van der Waals surface area contributed by atoms with Gasteiger partial charge >= 0.3 is 0 Å². The van der Waals surface area contributed by atoms with Gasteiger partial charge in [0.15, 0.2) is 5.82 Å². The number of morpholine rings is 1. The zero-order valence-corrected chi connectivity index (χ0v) is 16.3. The Kier molecular flexibility index (Phi) is 6.33. The maximum atomic E-state index is 9.04. The number of H-pyrrole nitrogens is 1. The van der Waals surface area contributed by atoms with Crippen LogP contribution in [0.2, 0.25) is 0 Å². The van der Waals surface area contributed by atoms with Crippen LogP contribution in [0.3, 0.4) is 0 Å². The molecule has 3 heterocycles. The molecule has 0 unspecified atom stereocenters. The molecule has 2 aromatic heterocycles. The SMILES string of the molecule is OCCCCc1nc(N/N=C\c2c[nH]c3ccccc23)cc(N2CCOCC2)n1. The first kappa shape index (κ1) is 19.4. The van der Waals surface area contributed by atoms with Crippen molar-refractivity contribution >= 4 is 28.8 Å². The normalized spacial score (nSPS) is 14.7. The van der Waals surface area contributed by atoms with E-state index in [0.29, 0.717) is 19.0 Å². The van der Waals surface area contributed by atoms with Gasteiger partial charge in [0.25, 0.3) is 0 Å². The number of hydrogen-bond acceptors (Lipinski definition) is 7. The fraction of sp³-hybridized carbons (Fsp3) is 0.381. The van der Waals surface area contributed by atoms with E-state index in [2.05, 4.69) is 31.5 Å². The number of hydrazone groups is 1. The van der Waals surface area contributed by atoms with Crippen molar-refractivity contribution in [2.75, 3.05) is 43.2 Å². The predicted molar refractivity (Wildman–Crippen MR) is 115 cm³/mol. The minimum Gasteiger partial charge on any atom is -0.396 e. The zero-order chi connectivity index (χ0) is 19.9. The number of aromatic nitrogens is 3. The van der Waals surface area contributed by atoms with Gasteiger partial charge in [0.1, 0.15) is 11.6 Å². The predicted octanol–water partition coefficient (Wildman–Crippen LogP) is 2.56. The molecule has 0 atom stereocenters. The molecule has 0 aliphatic carbocycles. The van der Waals surface area contributed by atoms with Gasteiger partial charge in [-0.3, -0.25) is 5.43 Å². The molecule has 8 nitrogen and oxygen atoms in total. The lowest BCUT2D eigenvalue weighted by Crippen LogP contribution is -2.37. The molecule has 0 bridgehead atoms. The molecule has 3 aromatic rings. The van der Waals surface area contributed by atoms with E-state index in [1.54, 1.807) is 6.21 Å². The van der Waals surface area contributed by atoms with Gasteiger partial charge in [-0.2, -0.15) is 5.10 Å². The quantitative estimate of drug-likeness (QED) is 0.309. The lowest BCUT2D eigenvalue weighted by atomic mass is 10.2. The number of unbranched alkanes of at least 4 members (excludes halogenated alkanes) is 1. The molecule has 0 radical (unpaired) electrons. The van der Waals surface area contributed by atoms with Crippen LogP contribution in [-0.2, 0) is 11.2 Å². The molecule has 29 heavy (non-hydrogen) atoms. The van der Waals surface area contributed by atoms with E-state index in [4.69, 9.17) is 14.8 Å². The Morgan fingerprint density at radius 2 is 2.07 bits per heavy atom. The van der Waals surface area contributed by atoms with Crippen LogP contribution in [-0.4, -0.2) is 59.2 Å². The van der Waals surface area contributed by atoms with Gasteiger partial charge in [-0.05, 0) is 18.9 Å². The van der Waals surface area contributed by atoms with Crippen LogP contribution in [0.1, 0.15) is 24.2 Å². The maximum Gasteiger partial charge on any atom is 0.152 e. The summed E-state index contributed by atoms with van der Waals surface area (Å²) < 4.78 is 5.45. The fourth-order valence-electron chi connectivity index (χ4n) is 3.37. The summed E-state index contributed by atoms with van der Waals surface area (Å²) in [4.78, 5) is 14.8. The fourth-order valence-corrected chi connectivity index (χ4v) is 3.37. The number of rotatable bonds is 8. The Bertz CT molecular complexity index is 965. The first-order valence-corrected chi connectivity index (χ1v) is 10.0. The van der Waals surface area contributed by atoms with Crippen LogP contribution in [0.15, 0.2) is 41.6 Å². The first-order chi connectivity index (χ1) is 14.3. The topological polar surface area (TPSA) is 98.7 Å². The highest BCUT2D eigenvalue weighted by Crippen LogP contribution is 2.19. The molecular formula is C21H26N6O2. The number of ether oxygens (including phenoxy) is 1. The van der Waals surface area contributed by atoms with E-state index < -0.39 is 0 Å². The van der Waals surface area contributed by atoms with Crippen molar-refractivity contribution < 1.29 is 9.84 Å². The zero-order valence-electron chi connectivity index (χ0n) is 16.3. The summed E-state index contributed by atoms with van der Waals surface area (Å²) in [5.74, 6) is 2.30. The van der Waals surface area contributed by atoms with Crippen LogP contribution >= 0.6 is 0 Å². The summed E-state index contributed by atoms with van der Waals surface area (Å²) >= 11 is 0. The van der Waals surface area contributed by atoms with E-state index in [0.717, 1.165) is 60.5 Å². The number of aliphatic hydroxyl groups excluding tert-OH is 1. The number of benzene rings is 1. The highest BCUT2D eigenvalue weighted by atomic mass is 16.5. The molecule has 0 amide bonds. The van der Waals surface area contributed by atoms with Gasteiger partial charge in [0, 0.05) is 54.8 Å². The maximum absolute atomic E-state index is 9.04. The summed E-state index contributed by atoms with van der Waals surface area (Å²) in [5.41, 5.74) is 5.15. The standard InChI is InChI=1S/C21H26N6O2/c28-10-4-3-7-19-24-20(13-21(25-19)27-8-11-29-12-9-27)26-23-15-16-14-22-18-6-2-1-5-17(16)18/h1-2,5-6,13-15,22,28H,3-4,7-12H2,(H,24,25,26)/b23-15-. The second kappa shape index (κ2) is 9.49. The Hall–Kier alpha value is -2.97. The Balaban J connectivity index is 1.52. The number of para-hydroxylation sites is 1. The monoisotopic (exact) mass is 394 g/mol. The van der Waals surface area contributed by atoms with Crippen molar-refractivity contribution in [2.24, 2.45) is 5.10 Å². The van der Waals surface area contributed by atoms with Gasteiger partial charge in [-0.1, -0.05) is 18.2 Å². The van der Waals surface area contributed by atoms with Crippen LogP contribution in [0.4, 0.5) is 11.6 Å². The summed E-state index contributed by atoms with van der Waals surface area (Å²) in [5, 5.41) is 14.6. The van der Waals surface area contributed by atoms with Gasteiger partial charge < -0.3 is 19.7 Å². The lowest BCUT2D eigenvalue weighted by Gasteiger charge is -2.28. The van der Waals surface area contributed by atoms with E-state index >= 15 is 0 Å². The van der Waals surface area contributed by atoms with Crippen LogP contribution < -0.4 is 10.3 Å². The molecule has 1 aliphatic rings. The third-order valence-electron chi connectivity index (χ3n) is 4.91. The molecule has 3 N–H and O–H groups in total.